The van der Waals surface area contributed by atoms with Crippen LogP contribution in [0.15, 0.2) is 24.3 Å². The number of ether oxygens (including phenoxy) is 2. The summed E-state index contributed by atoms with van der Waals surface area (Å²) >= 11 is 5.64. The van der Waals surface area contributed by atoms with Gasteiger partial charge in [-0.2, -0.15) is 13.2 Å². The van der Waals surface area contributed by atoms with Crippen LogP contribution in [0.5, 0.6) is 0 Å². The molecule has 0 radical (unpaired) electrons. The van der Waals surface area contributed by atoms with Gasteiger partial charge in [0, 0.05) is 7.05 Å². The first-order chi connectivity index (χ1) is 20.0. The molecule has 1 saturated heterocycles. The van der Waals surface area contributed by atoms with E-state index in [1.54, 1.807) is 0 Å². The molecule has 0 bridgehead atoms. The van der Waals surface area contributed by atoms with E-state index in [2.05, 4.69) is 10.3 Å². The van der Waals surface area contributed by atoms with Crippen LogP contribution in [0, 0.1) is 11.6 Å². The highest BCUT2D eigenvalue weighted by Crippen LogP contribution is 2.36. The molecule has 1 aromatic carbocycles. The van der Waals surface area contributed by atoms with Gasteiger partial charge in [-0.05, 0) is 65.8 Å². The average Bonchev–Trinajstić information content (AvgIpc) is 3.20. The highest BCUT2D eigenvalue weighted by molar-refractivity contribution is 6.31. The van der Waals surface area contributed by atoms with Gasteiger partial charge in [-0.3, -0.25) is 15.0 Å². The Balaban J connectivity index is 2.15. The molecule has 2 aromatic rings. The molecule has 2 heterocycles. The van der Waals surface area contributed by atoms with Crippen molar-refractivity contribution in [1.29, 1.82) is 0 Å². The van der Waals surface area contributed by atoms with Gasteiger partial charge in [-0.1, -0.05) is 11.6 Å². The molecule has 1 fully saturated rings. The first-order valence-electron chi connectivity index (χ1n) is 12.8. The van der Waals surface area contributed by atoms with E-state index in [0.717, 1.165) is 19.2 Å². The van der Waals surface area contributed by atoms with Gasteiger partial charge in [0.1, 0.15) is 39.7 Å². The maximum absolute atomic E-state index is 14.8. The van der Waals surface area contributed by atoms with Crippen LogP contribution in [0.1, 0.15) is 47.1 Å². The van der Waals surface area contributed by atoms with Crippen LogP contribution >= 0.6 is 11.6 Å². The van der Waals surface area contributed by atoms with Gasteiger partial charge >= 0.3 is 24.4 Å². The smallest absolute Gasteiger partial charge is 0.418 e. The van der Waals surface area contributed by atoms with Crippen LogP contribution in [-0.4, -0.2) is 64.8 Å². The highest BCUT2D eigenvalue weighted by Gasteiger charge is 2.49. The van der Waals surface area contributed by atoms with Crippen LogP contribution in [0.4, 0.5) is 53.7 Å². The Labute approximate surface area is 253 Å². The van der Waals surface area contributed by atoms with Crippen LogP contribution in [0.2, 0.25) is 5.02 Å². The number of alkyl halides is 3. The second-order valence-corrected chi connectivity index (χ2v) is 12.0. The minimum atomic E-state index is -5.03. The van der Waals surface area contributed by atoms with Crippen molar-refractivity contribution in [2.45, 2.75) is 65.0 Å². The van der Waals surface area contributed by atoms with Crippen molar-refractivity contribution in [3.05, 3.63) is 46.5 Å². The predicted octanol–water partition coefficient (Wildman–Crippen LogP) is 6.59. The van der Waals surface area contributed by atoms with Gasteiger partial charge in [0.2, 0.25) is 0 Å². The number of hydrogen-bond donors (Lipinski definition) is 1. The fourth-order valence-corrected chi connectivity index (χ4v) is 4.06. The zero-order valence-corrected chi connectivity index (χ0v) is 25.4. The van der Waals surface area contributed by atoms with Crippen LogP contribution in [-0.2, 0) is 20.4 Å². The van der Waals surface area contributed by atoms with Gasteiger partial charge in [0.05, 0.1) is 17.8 Å². The first-order valence-corrected chi connectivity index (χ1v) is 13.2. The molecule has 0 unspecified atom stereocenters. The van der Waals surface area contributed by atoms with Gasteiger partial charge in [0.25, 0.3) is 5.91 Å². The zero-order valence-electron chi connectivity index (χ0n) is 24.6. The van der Waals surface area contributed by atoms with E-state index in [-0.39, 0.29) is 0 Å². The Hall–Kier alpha value is -4.21. The lowest BCUT2D eigenvalue weighted by molar-refractivity contribution is -0.137. The molecule has 3 rings (SSSR count). The minimum Gasteiger partial charge on any atom is -0.444 e. The molecular formula is C27H29ClF5N5O6. The molecule has 1 aliphatic rings. The molecule has 11 nitrogen and oxygen atoms in total. The third-order valence-corrected chi connectivity index (χ3v) is 6.07. The number of imide groups is 1. The van der Waals surface area contributed by atoms with E-state index in [1.165, 1.54) is 41.5 Å². The molecule has 240 valence electrons. The summed E-state index contributed by atoms with van der Waals surface area (Å²) < 4.78 is 80.6. The lowest BCUT2D eigenvalue weighted by Crippen LogP contribution is -2.47. The summed E-state index contributed by atoms with van der Waals surface area (Å²) in [7, 11) is 1.04. The molecule has 5 amide bonds. The number of likely N-dealkylation sites (N-methyl/N-ethyl adjacent to an activating group) is 1. The number of aromatic nitrogens is 1. The van der Waals surface area contributed by atoms with E-state index < -0.39 is 93.6 Å². The standard InChI is InChI=1S/C27H29ClF5N5O6/c1-25(2,3)43-22(40)35-17-10-13(27(31,32)33)11-18(34-17)38-16(12-37(23(38)41)24(42)44-26(4,5)6)21(39)36(7)15-9-8-14(29)19(28)20(15)30/h8-11,16H,12H2,1-7H3,(H,34,35,40)/t16-/m0/s1. The number of pyridine rings is 1. The number of hydrogen-bond acceptors (Lipinski definition) is 7. The van der Waals surface area contributed by atoms with E-state index >= 15 is 0 Å². The van der Waals surface area contributed by atoms with Crippen molar-refractivity contribution in [2.24, 2.45) is 0 Å². The number of carbonyl (C=O) groups excluding carboxylic acids is 4. The maximum Gasteiger partial charge on any atom is 0.418 e. The third kappa shape index (κ3) is 7.84. The Morgan fingerprint density at radius 1 is 1.02 bits per heavy atom. The summed E-state index contributed by atoms with van der Waals surface area (Å²) in [5.74, 6) is -5.08. The molecule has 1 aliphatic heterocycles. The largest absolute Gasteiger partial charge is 0.444 e. The molecular weight excluding hydrogens is 621 g/mol. The van der Waals surface area contributed by atoms with Crippen molar-refractivity contribution < 1.29 is 50.6 Å². The number of nitrogens with zero attached hydrogens (tertiary/aromatic N) is 4. The van der Waals surface area contributed by atoms with Crippen molar-refractivity contribution in [1.82, 2.24) is 9.88 Å². The second-order valence-electron chi connectivity index (χ2n) is 11.6. The average molecular weight is 650 g/mol. The molecule has 1 aromatic heterocycles. The fourth-order valence-electron chi connectivity index (χ4n) is 3.90. The molecule has 0 aliphatic carbocycles. The van der Waals surface area contributed by atoms with Gasteiger partial charge in [-0.15, -0.1) is 0 Å². The Morgan fingerprint density at radius 2 is 1.61 bits per heavy atom. The zero-order chi connectivity index (χ0) is 33.5. The molecule has 17 heteroatoms. The summed E-state index contributed by atoms with van der Waals surface area (Å²) in [6, 6.07) is -0.553. The summed E-state index contributed by atoms with van der Waals surface area (Å²) in [5, 5.41) is 1.12. The van der Waals surface area contributed by atoms with E-state index in [4.69, 9.17) is 21.1 Å². The van der Waals surface area contributed by atoms with Crippen molar-refractivity contribution >= 4 is 53.0 Å². The monoisotopic (exact) mass is 649 g/mol. The summed E-state index contributed by atoms with van der Waals surface area (Å²) in [5.41, 5.74) is -4.07. The number of nitrogens with one attached hydrogen (secondary N) is 1. The van der Waals surface area contributed by atoms with Crippen LogP contribution < -0.4 is 15.1 Å². The van der Waals surface area contributed by atoms with Crippen molar-refractivity contribution in [2.75, 3.05) is 28.7 Å². The Bertz CT molecular complexity index is 1490. The lowest BCUT2D eigenvalue weighted by Gasteiger charge is -2.27. The maximum atomic E-state index is 14.8. The van der Waals surface area contributed by atoms with Gasteiger partial charge < -0.3 is 14.4 Å². The topological polar surface area (TPSA) is 121 Å². The summed E-state index contributed by atoms with van der Waals surface area (Å²) in [6.45, 7) is 8.23. The van der Waals surface area contributed by atoms with Crippen molar-refractivity contribution in [3.8, 4) is 0 Å². The van der Waals surface area contributed by atoms with Gasteiger partial charge in [-0.25, -0.2) is 33.0 Å². The van der Waals surface area contributed by atoms with Crippen molar-refractivity contribution in [3.63, 3.8) is 0 Å². The second kappa shape index (κ2) is 12.1. The van der Waals surface area contributed by atoms with Crippen LogP contribution in [0.25, 0.3) is 0 Å². The SMILES string of the molecule is CN(C(=O)[C@@H]1CN(C(=O)OC(C)(C)C)C(=O)N1c1cc(C(F)(F)F)cc(NC(=O)OC(C)(C)C)n1)c1ccc(F)c(Cl)c1F. The Kier molecular flexibility index (Phi) is 9.39. The van der Waals surface area contributed by atoms with Crippen LogP contribution in [0.3, 0.4) is 0 Å². The van der Waals surface area contributed by atoms with Gasteiger partial charge in [0.15, 0.2) is 5.82 Å². The van der Waals surface area contributed by atoms with E-state index in [1.807, 2.05) is 0 Å². The lowest BCUT2D eigenvalue weighted by atomic mass is 10.2. The number of benzene rings is 1. The number of carbonyl (C=O) groups is 4. The number of amides is 5. The molecule has 1 atom stereocenters. The highest BCUT2D eigenvalue weighted by atomic mass is 35.5. The molecule has 44 heavy (non-hydrogen) atoms. The number of urea groups is 1. The minimum absolute atomic E-state index is 0.423. The number of halogens is 6. The number of rotatable bonds is 4. The first kappa shape index (κ1) is 34.3. The quantitative estimate of drug-likeness (QED) is 0.293. The molecule has 1 N–H and O–H groups in total. The molecule has 0 saturated carbocycles. The summed E-state index contributed by atoms with van der Waals surface area (Å²) in [4.78, 5) is 58.0. The predicted molar refractivity (Wildman–Crippen MR) is 148 cm³/mol. The molecule has 0 spiro atoms. The fraction of sp³-hybridized carbons (Fsp3) is 0.444. The Morgan fingerprint density at radius 3 is 2.16 bits per heavy atom. The van der Waals surface area contributed by atoms with E-state index in [0.29, 0.717) is 26.8 Å². The van der Waals surface area contributed by atoms with E-state index in [9.17, 15) is 41.1 Å². The third-order valence-electron chi connectivity index (χ3n) is 5.72. The normalized spacial score (nSPS) is 15.8. The summed E-state index contributed by atoms with van der Waals surface area (Å²) in [6.07, 6.45) is -7.44. The number of anilines is 3.